The summed E-state index contributed by atoms with van der Waals surface area (Å²) < 4.78 is 5.13. The summed E-state index contributed by atoms with van der Waals surface area (Å²) in [6.07, 6.45) is 33.6. The molecule has 0 rings (SSSR count). The molecule has 0 saturated heterocycles. The molecule has 196 valence electrons. The van der Waals surface area contributed by atoms with Crippen molar-refractivity contribution < 1.29 is 14.3 Å². The lowest BCUT2D eigenvalue weighted by Gasteiger charge is -2.09. The second-order valence-electron chi connectivity index (χ2n) is 8.34. The molecule has 0 amide bonds. The number of thioether (sulfide) groups is 1. The third kappa shape index (κ3) is 28.0. The van der Waals surface area contributed by atoms with Crippen molar-refractivity contribution in [1.29, 1.82) is 0 Å². The molecule has 0 aromatic rings. The van der Waals surface area contributed by atoms with Gasteiger partial charge < -0.3 is 9.64 Å². The molecule has 0 aromatic carbocycles. The minimum atomic E-state index is -0.179. The Kier molecular flexibility index (Phi) is 24.9. The van der Waals surface area contributed by atoms with Crippen LogP contribution in [0.5, 0.6) is 0 Å². The molecule has 0 radical (unpaired) electrons. The van der Waals surface area contributed by atoms with E-state index in [2.05, 4.69) is 67.7 Å². The molecule has 0 aliphatic carbocycles. The maximum Gasteiger partial charge on any atom is 0.315 e. The lowest BCUT2D eigenvalue weighted by molar-refractivity contribution is -0.140. The second kappa shape index (κ2) is 26.5. The number of allylic oxidation sites excluding steroid dienone is 12. The largest absolute Gasteiger partial charge is 0.464 e. The molecule has 0 saturated carbocycles. The molecule has 4 nitrogen and oxygen atoms in total. The van der Waals surface area contributed by atoms with Crippen molar-refractivity contribution in [1.82, 2.24) is 4.90 Å². The summed E-state index contributed by atoms with van der Waals surface area (Å²) in [5.74, 6) is 1.23. The summed E-state index contributed by atoms with van der Waals surface area (Å²) in [5, 5.41) is 0. The fourth-order valence-corrected chi connectivity index (χ4v) is 3.49. The first-order chi connectivity index (χ1) is 17.1. The molecular weight excluding hydrogens is 454 g/mol. The summed E-state index contributed by atoms with van der Waals surface area (Å²) in [4.78, 5) is 25.5. The number of carbonyl (C=O) groups is 2. The smallest absolute Gasteiger partial charge is 0.315 e. The summed E-state index contributed by atoms with van der Waals surface area (Å²) in [5.41, 5.74) is 0. The van der Waals surface area contributed by atoms with Crippen molar-refractivity contribution in [3.8, 4) is 0 Å². The van der Waals surface area contributed by atoms with Gasteiger partial charge in [-0.25, -0.2) is 0 Å². The molecule has 35 heavy (non-hydrogen) atoms. The Bertz CT molecular complexity index is 702. The van der Waals surface area contributed by atoms with Gasteiger partial charge in [0.1, 0.15) is 12.4 Å². The van der Waals surface area contributed by atoms with Crippen molar-refractivity contribution in [2.24, 2.45) is 0 Å². The molecule has 0 aliphatic rings. The number of nitrogens with zero attached hydrogens (tertiary/aromatic N) is 1. The fraction of sp³-hybridized carbons (Fsp3) is 0.533. The molecule has 0 N–H and O–H groups in total. The molecule has 0 fully saturated rings. The molecule has 0 aliphatic heterocycles. The molecule has 0 bridgehead atoms. The standard InChI is InChI=1S/C30H47NO3S/c1-4-5-6-7-8-9-10-11-12-13-14-15-16-17-18-19-20-21-23-29(32)24-22-27-35-28-30(33)34-26-25-31(2)3/h5-6,8-9,11-12,14-15,17-18,20-21H,4,7,10,13,16,19,22-28H2,1-3H3/b6-5-,9-8-,12-11-,15-14-,18-17-,21-20-. The van der Waals surface area contributed by atoms with Crippen LogP contribution in [0, 0.1) is 0 Å². The fourth-order valence-electron chi connectivity index (χ4n) is 2.75. The van der Waals surface area contributed by atoms with Crippen LogP contribution in [0.4, 0.5) is 0 Å². The van der Waals surface area contributed by atoms with Gasteiger partial charge in [-0.05, 0) is 64.8 Å². The lowest BCUT2D eigenvalue weighted by Crippen LogP contribution is -2.20. The number of Topliss-reactive ketones (excluding diaryl/α,β-unsaturated/α-hetero) is 1. The van der Waals surface area contributed by atoms with Gasteiger partial charge in [-0.1, -0.05) is 79.8 Å². The Balaban J connectivity index is 3.60. The normalized spacial score (nSPS) is 12.7. The highest BCUT2D eigenvalue weighted by atomic mass is 32.2. The maximum absolute atomic E-state index is 11.9. The van der Waals surface area contributed by atoms with Crippen LogP contribution in [-0.4, -0.2) is 55.4 Å². The summed E-state index contributed by atoms with van der Waals surface area (Å²) in [6, 6.07) is 0. The highest BCUT2D eigenvalue weighted by molar-refractivity contribution is 7.99. The first kappa shape index (κ1) is 32.9. The SMILES string of the molecule is CC/C=C\C/C=C\C/C=C\C/C=C\C/C=C\C/C=C\CC(=O)CCCSCC(=O)OCCN(C)C. The molecule has 0 unspecified atom stereocenters. The van der Waals surface area contributed by atoms with Crippen LogP contribution in [0.1, 0.15) is 64.7 Å². The monoisotopic (exact) mass is 501 g/mol. The van der Waals surface area contributed by atoms with E-state index in [1.54, 1.807) is 0 Å². The number of esters is 1. The average Bonchev–Trinajstić information content (AvgIpc) is 2.82. The molecule has 5 heteroatoms. The van der Waals surface area contributed by atoms with E-state index < -0.39 is 0 Å². The van der Waals surface area contributed by atoms with E-state index in [0.29, 0.717) is 25.2 Å². The van der Waals surface area contributed by atoms with Crippen molar-refractivity contribution in [3.63, 3.8) is 0 Å². The van der Waals surface area contributed by atoms with E-state index in [4.69, 9.17) is 4.74 Å². The Morgan fingerprint density at radius 2 is 1.23 bits per heavy atom. The van der Waals surface area contributed by atoms with E-state index in [9.17, 15) is 9.59 Å². The lowest BCUT2D eigenvalue weighted by atomic mass is 10.1. The van der Waals surface area contributed by atoms with E-state index in [0.717, 1.165) is 57.2 Å². The van der Waals surface area contributed by atoms with Gasteiger partial charge in [0.05, 0.1) is 5.75 Å². The Morgan fingerprint density at radius 1 is 0.743 bits per heavy atom. The van der Waals surface area contributed by atoms with Crippen molar-refractivity contribution in [3.05, 3.63) is 72.9 Å². The minimum Gasteiger partial charge on any atom is -0.464 e. The van der Waals surface area contributed by atoms with E-state index in [1.807, 2.05) is 31.1 Å². The Labute approximate surface area is 219 Å². The van der Waals surface area contributed by atoms with Gasteiger partial charge in [0.15, 0.2) is 0 Å². The van der Waals surface area contributed by atoms with Crippen LogP contribution < -0.4 is 0 Å². The zero-order chi connectivity index (χ0) is 25.8. The number of carbonyl (C=O) groups excluding carboxylic acids is 2. The van der Waals surface area contributed by atoms with Crippen molar-refractivity contribution >= 4 is 23.5 Å². The molecular formula is C30H47NO3S. The average molecular weight is 502 g/mol. The van der Waals surface area contributed by atoms with Crippen molar-refractivity contribution in [2.45, 2.75) is 64.7 Å². The summed E-state index contributed by atoms with van der Waals surface area (Å²) in [6.45, 7) is 3.31. The predicted octanol–water partition coefficient (Wildman–Crippen LogP) is 7.26. The van der Waals surface area contributed by atoms with Gasteiger partial charge in [-0.2, -0.15) is 11.8 Å². The highest BCUT2D eigenvalue weighted by Gasteiger charge is 2.04. The van der Waals surface area contributed by atoms with Gasteiger partial charge >= 0.3 is 5.97 Å². The first-order valence-corrected chi connectivity index (χ1v) is 14.0. The van der Waals surface area contributed by atoms with Gasteiger partial charge in [-0.15, -0.1) is 0 Å². The molecule has 0 spiro atoms. The number of ether oxygens (including phenoxy) is 1. The zero-order valence-electron chi connectivity index (χ0n) is 22.2. The Hall–Kier alpha value is -2.11. The van der Waals surface area contributed by atoms with Gasteiger partial charge in [0.2, 0.25) is 0 Å². The summed E-state index contributed by atoms with van der Waals surface area (Å²) >= 11 is 1.53. The summed E-state index contributed by atoms with van der Waals surface area (Å²) in [7, 11) is 3.89. The second-order valence-corrected chi connectivity index (χ2v) is 9.44. The highest BCUT2D eigenvalue weighted by Crippen LogP contribution is 2.07. The number of hydrogen-bond donors (Lipinski definition) is 0. The third-order valence-electron chi connectivity index (χ3n) is 4.71. The van der Waals surface area contributed by atoms with Crippen LogP contribution in [0.15, 0.2) is 72.9 Å². The van der Waals surface area contributed by atoms with E-state index in [-0.39, 0.29) is 11.8 Å². The van der Waals surface area contributed by atoms with Crippen LogP contribution in [0.2, 0.25) is 0 Å². The van der Waals surface area contributed by atoms with Crippen LogP contribution in [0.25, 0.3) is 0 Å². The molecule has 0 aromatic heterocycles. The van der Waals surface area contributed by atoms with E-state index in [1.165, 1.54) is 11.8 Å². The zero-order valence-corrected chi connectivity index (χ0v) is 23.0. The quantitative estimate of drug-likeness (QED) is 0.0887. The van der Waals surface area contributed by atoms with Gasteiger partial charge in [-0.3, -0.25) is 9.59 Å². The van der Waals surface area contributed by atoms with Gasteiger partial charge in [0.25, 0.3) is 0 Å². The molecule has 0 atom stereocenters. The van der Waals surface area contributed by atoms with Crippen LogP contribution in [0.3, 0.4) is 0 Å². The van der Waals surface area contributed by atoms with E-state index >= 15 is 0 Å². The Morgan fingerprint density at radius 3 is 1.71 bits per heavy atom. The van der Waals surface area contributed by atoms with Gasteiger partial charge in [0, 0.05) is 19.4 Å². The minimum absolute atomic E-state index is 0.179. The number of hydrogen-bond acceptors (Lipinski definition) is 5. The number of ketones is 1. The third-order valence-corrected chi connectivity index (χ3v) is 5.72. The first-order valence-electron chi connectivity index (χ1n) is 12.9. The molecule has 0 heterocycles. The topological polar surface area (TPSA) is 46.6 Å². The maximum atomic E-state index is 11.9. The van der Waals surface area contributed by atoms with Crippen LogP contribution >= 0.6 is 11.8 Å². The van der Waals surface area contributed by atoms with Crippen LogP contribution in [-0.2, 0) is 14.3 Å². The number of likely N-dealkylation sites (N-methyl/N-ethyl adjacent to an activating group) is 1. The number of rotatable bonds is 22. The van der Waals surface area contributed by atoms with Crippen molar-refractivity contribution in [2.75, 3.05) is 38.8 Å². The predicted molar refractivity (Wildman–Crippen MR) is 154 cm³/mol.